The third-order valence-corrected chi connectivity index (χ3v) is 3.05. The molecule has 0 bridgehead atoms. The highest BCUT2D eigenvalue weighted by atomic mass is 16.1. The summed E-state index contributed by atoms with van der Waals surface area (Å²) in [6.07, 6.45) is 4.90. The summed E-state index contributed by atoms with van der Waals surface area (Å²) in [7, 11) is 0. The van der Waals surface area contributed by atoms with E-state index in [1.165, 1.54) is 0 Å². The van der Waals surface area contributed by atoms with Crippen LogP contribution in [0.3, 0.4) is 0 Å². The second-order valence-corrected chi connectivity index (χ2v) is 4.83. The molecule has 1 atom stereocenters. The van der Waals surface area contributed by atoms with Gasteiger partial charge in [0, 0.05) is 5.41 Å². The maximum Gasteiger partial charge on any atom is 0.148 e. The van der Waals surface area contributed by atoms with Crippen molar-refractivity contribution in [3.05, 3.63) is 18.4 Å². The molecule has 1 rings (SSSR count). The average molecular weight is 178 g/mol. The van der Waals surface area contributed by atoms with Gasteiger partial charge in [-0.25, -0.2) is 0 Å². The van der Waals surface area contributed by atoms with E-state index in [0.717, 1.165) is 19.3 Å². The van der Waals surface area contributed by atoms with Gasteiger partial charge in [0.1, 0.15) is 5.78 Å². The Kier molecular flexibility index (Phi) is 2.49. The first-order valence-corrected chi connectivity index (χ1v) is 4.84. The Bertz CT molecular complexity index is 269. The standard InChI is InChI=1S/C12H18O/c1-5-7-12(4)9-6-8-11(2,3)10(12)13/h7H,1,6,8-9H2,2-4H3. The maximum absolute atomic E-state index is 12.1. The number of Topliss-reactive ketones (excluding diaryl/α,β-unsaturated/α-hetero) is 1. The molecule has 0 amide bonds. The van der Waals surface area contributed by atoms with Crippen LogP contribution in [0, 0.1) is 10.8 Å². The second-order valence-electron chi connectivity index (χ2n) is 4.83. The van der Waals surface area contributed by atoms with Gasteiger partial charge in [-0.15, -0.1) is 5.73 Å². The van der Waals surface area contributed by atoms with Gasteiger partial charge in [0.05, 0.1) is 5.41 Å². The summed E-state index contributed by atoms with van der Waals surface area (Å²) < 4.78 is 0. The van der Waals surface area contributed by atoms with E-state index >= 15 is 0 Å². The Morgan fingerprint density at radius 3 is 2.54 bits per heavy atom. The van der Waals surface area contributed by atoms with E-state index in [0.29, 0.717) is 5.78 Å². The molecule has 0 radical (unpaired) electrons. The van der Waals surface area contributed by atoms with Crippen LogP contribution in [0.2, 0.25) is 0 Å². The molecule has 1 heteroatoms. The zero-order chi connectivity index (χ0) is 10.1. The van der Waals surface area contributed by atoms with Crippen molar-refractivity contribution >= 4 is 5.78 Å². The zero-order valence-corrected chi connectivity index (χ0v) is 8.81. The monoisotopic (exact) mass is 178 g/mol. The molecule has 13 heavy (non-hydrogen) atoms. The predicted molar refractivity (Wildman–Crippen MR) is 54.5 cm³/mol. The van der Waals surface area contributed by atoms with Gasteiger partial charge in [-0.05, 0) is 25.8 Å². The number of ketones is 1. The number of rotatable bonds is 1. The highest BCUT2D eigenvalue weighted by Crippen LogP contribution is 2.43. The maximum atomic E-state index is 12.1. The SMILES string of the molecule is C=C=CC1(C)CCCC(C)(C)C1=O. The summed E-state index contributed by atoms with van der Waals surface area (Å²) >= 11 is 0. The van der Waals surface area contributed by atoms with Gasteiger partial charge in [-0.1, -0.05) is 26.8 Å². The van der Waals surface area contributed by atoms with Crippen molar-refractivity contribution in [1.82, 2.24) is 0 Å². The number of allylic oxidation sites excluding steroid dienone is 1. The minimum absolute atomic E-state index is 0.166. The van der Waals surface area contributed by atoms with Crippen molar-refractivity contribution in [2.24, 2.45) is 10.8 Å². The third-order valence-electron chi connectivity index (χ3n) is 3.05. The van der Waals surface area contributed by atoms with Crippen LogP contribution < -0.4 is 0 Å². The molecule has 1 nitrogen and oxygen atoms in total. The van der Waals surface area contributed by atoms with E-state index < -0.39 is 0 Å². The second kappa shape index (κ2) is 3.16. The molecule has 0 spiro atoms. The van der Waals surface area contributed by atoms with E-state index in [1.807, 2.05) is 26.8 Å². The first kappa shape index (κ1) is 10.3. The average Bonchev–Trinajstić information content (AvgIpc) is 2.01. The largest absolute Gasteiger partial charge is 0.298 e. The van der Waals surface area contributed by atoms with Gasteiger partial charge in [-0.2, -0.15) is 0 Å². The minimum atomic E-state index is -0.316. The fourth-order valence-electron chi connectivity index (χ4n) is 2.26. The van der Waals surface area contributed by atoms with Gasteiger partial charge < -0.3 is 0 Å². The van der Waals surface area contributed by atoms with Gasteiger partial charge >= 0.3 is 0 Å². The van der Waals surface area contributed by atoms with Crippen molar-refractivity contribution in [1.29, 1.82) is 0 Å². The number of carbonyl (C=O) groups excluding carboxylic acids is 1. The first-order valence-electron chi connectivity index (χ1n) is 4.84. The Morgan fingerprint density at radius 2 is 2.00 bits per heavy atom. The Hall–Kier alpha value is -0.810. The predicted octanol–water partition coefficient (Wildman–Crippen LogP) is 3.11. The highest BCUT2D eigenvalue weighted by Gasteiger charge is 2.43. The van der Waals surface area contributed by atoms with Crippen LogP contribution in [0.1, 0.15) is 40.0 Å². The third kappa shape index (κ3) is 1.76. The van der Waals surface area contributed by atoms with Crippen LogP contribution in [-0.4, -0.2) is 5.78 Å². The quantitative estimate of drug-likeness (QED) is 0.564. The molecule has 1 aliphatic carbocycles. The van der Waals surface area contributed by atoms with E-state index in [-0.39, 0.29) is 10.8 Å². The van der Waals surface area contributed by atoms with E-state index in [9.17, 15) is 4.79 Å². The molecule has 1 unspecified atom stereocenters. The number of hydrogen-bond donors (Lipinski definition) is 0. The molecule has 0 saturated heterocycles. The first-order chi connectivity index (χ1) is 5.92. The Labute approximate surface area is 80.5 Å². The molecule has 1 aliphatic rings. The lowest BCUT2D eigenvalue weighted by atomic mass is 9.63. The van der Waals surface area contributed by atoms with Crippen LogP contribution >= 0.6 is 0 Å². The molecule has 0 heterocycles. The molecule has 0 aromatic carbocycles. The Balaban J connectivity index is 3.01. The minimum Gasteiger partial charge on any atom is -0.298 e. The van der Waals surface area contributed by atoms with Crippen molar-refractivity contribution < 1.29 is 4.79 Å². The van der Waals surface area contributed by atoms with Gasteiger partial charge in [0.15, 0.2) is 0 Å². The van der Waals surface area contributed by atoms with Gasteiger partial charge in [0.2, 0.25) is 0 Å². The summed E-state index contributed by atoms with van der Waals surface area (Å²) in [4.78, 5) is 12.1. The lowest BCUT2D eigenvalue weighted by molar-refractivity contribution is -0.137. The Morgan fingerprint density at radius 1 is 1.38 bits per heavy atom. The molecule has 0 aliphatic heterocycles. The fourth-order valence-corrected chi connectivity index (χ4v) is 2.26. The number of hydrogen-bond acceptors (Lipinski definition) is 1. The van der Waals surface area contributed by atoms with Crippen LogP contribution in [-0.2, 0) is 4.79 Å². The summed E-state index contributed by atoms with van der Waals surface area (Å²) in [5, 5.41) is 0. The smallest absolute Gasteiger partial charge is 0.148 e. The topological polar surface area (TPSA) is 17.1 Å². The van der Waals surface area contributed by atoms with Gasteiger partial charge in [0.25, 0.3) is 0 Å². The molecule has 0 aromatic heterocycles. The van der Waals surface area contributed by atoms with Crippen LogP contribution in [0.4, 0.5) is 0 Å². The van der Waals surface area contributed by atoms with Crippen molar-refractivity contribution in [2.45, 2.75) is 40.0 Å². The molecule has 0 aromatic rings. The molecule has 0 N–H and O–H groups in total. The van der Waals surface area contributed by atoms with E-state index in [1.54, 1.807) is 0 Å². The van der Waals surface area contributed by atoms with Crippen LogP contribution in [0.15, 0.2) is 18.4 Å². The van der Waals surface area contributed by atoms with Crippen LogP contribution in [0.5, 0.6) is 0 Å². The number of carbonyl (C=O) groups is 1. The molecule has 1 fully saturated rings. The molecular weight excluding hydrogens is 160 g/mol. The van der Waals surface area contributed by atoms with E-state index in [4.69, 9.17) is 0 Å². The summed E-state index contributed by atoms with van der Waals surface area (Å²) in [6.45, 7) is 9.61. The summed E-state index contributed by atoms with van der Waals surface area (Å²) in [5.41, 5.74) is 2.27. The molecular formula is C12H18O. The highest BCUT2D eigenvalue weighted by molar-refractivity contribution is 5.91. The van der Waals surface area contributed by atoms with Crippen molar-refractivity contribution in [2.75, 3.05) is 0 Å². The lowest BCUT2D eigenvalue weighted by Crippen LogP contribution is -2.41. The van der Waals surface area contributed by atoms with Crippen molar-refractivity contribution in [3.63, 3.8) is 0 Å². The molecule has 72 valence electrons. The normalized spacial score (nSPS) is 32.4. The lowest BCUT2D eigenvalue weighted by Gasteiger charge is -2.38. The van der Waals surface area contributed by atoms with Gasteiger partial charge in [-0.3, -0.25) is 4.79 Å². The van der Waals surface area contributed by atoms with Crippen molar-refractivity contribution in [3.8, 4) is 0 Å². The zero-order valence-electron chi connectivity index (χ0n) is 8.81. The fraction of sp³-hybridized carbons (Fsp3) is 0.667. The summed E-state index contributed by atoms with van der Waals surface area (Å²) in [6, 6.07) is 0. The molecule has 1 saturated carbocycles. The summed E-state index contributed by atoms with van der Waals surface area (Å²) in [5.74, 6) is 0.336. The van der Waals surface area contributed by atoms with E-state index in [2.05, 4.69) is 12.3 Å². The van der Waals surface area contributed by atoms with Crippen LogP contribution in [0.25, 0.3) is 0 Å².